The third-order valence-corrected chi connectivity index (χ3v) is 3.98. The molecule has 1 spiro atoms. The van der Waals surface area contributed by atoms with Gasteiger partial charge in [0.15, 0.2) is 5.79 Å². The third kappa shape index (κ3) is 4.15. The van der Waals surface area contributed by atoms with Crippen molar-refractivity contribution in [2.24, 2.45) is 0 Å². The Morgan fingerprint density at radius 2 is 1.95 bits per heavy atom. The quantitative estimate of drug-likeness (QED) is 0.658. The normalized spacial score (nSPS) is 21.9. The van der Waals surface area contributed by atoms with Crippen LogP contribution >= 0.6 is 0 Å². The summed E-state index contributed by atoms with van der Waals surface area (Å²) in [5.41, 5.74) is 0. The van der Waals surface area contributed by atoms with Crippen molar-refractivity contribution >= 4 is 5.91 Å². The van der Waals surface area contributed by atoms with Gasteiger partial charge < -0.3 is 19.1 Å². The zero-order valence-electron chi connectivity index (χ0n) is 12.6. The Morgan fingerprint density at radius 3 is 2.55 bits per heavy atom. The maximum atomic E-state index is 12.2. The first-order valence-corrected chi connectivity index (χ1v) is 7.38. The average Bonchev–Trinajstić information content (AvgIpc) is 2.88. The van der Waals surface area contributed by atoms with Gasteiger partial charge in [-0.05, 0) is 13.5 Å². The van der Waals surface area contributed by atoms with Crippen LogP contribution in [-0.2, 0) is 19.0 Å². The monoisotopic (exact) mass is 286 g/mol. The highest BCUT2D eigenvalue weighted by molar-refractivity contribution is 5.78. The third-order valence-electron chi connectivity index (χ3n) is 3.98. The molecule has 2 heterocycles. The van der Waals surface area contributed by atoms with Crippen LogP contribution < -0.4 is 0 Å². The Balaban J connectivity index is 1.68. The molecule has 0 unspecified atom stereocenters. The van der Waals surface area contributed by atoms with Crippen molar-refractivity contribution in [3.8, 4) is 0 Å². The lowest BCUT2D eigenvalue weighted by atomic mass is 10.0. The SMILES string of the molecule is COCCCN(C)CC(=O)N1CCC2(CC1)OCCO2. The molecule has 0 N–H and O–H groups in total. The predicted octanol–water partition coefficient (Wildman–Crippen LogP) is 0.320. The average molecular weight is 286 g/mol. The first-order valence-electron chi connectivity index (χ1n) is 7.38. The zero-order chi connectivity index (χ0) is 14.4. The van der Waals surface area contributed by atoms with E-state index in [1.54, 1.807) is 7.11 Å². The number of hydrogen-bond donors (Lipinski definition) is 0. The number of likely N-dealkylation sites (tertiary alicyclic amines) is 1. The number of nitrogens with zero attached hydrogens (tertiary/aromatic N) is 2. The number of carbonyl (C=O) groups excluding carboxylic acids is 1. The zero-order valence-corrected chi connectivity index (χ0v) is 12.6. The minimum absolute atomic E-state index is 0.192. The minimum atomic E-state index is -0.402. The van der Waals surface area contributed by atoms with Gasteiger partial charge in [-0.15, -0.1) is 0 Å². The largest absolute Gasteiger partial charge is 0.385 e. The van der Waals surface area contributed by atoms with Crippen LogP contribution in [0.25, 0.3) is 0 Å². The lowest BCUT2D eigenvalue weighted by Crippen LogP contribution is -2.49. The lowest BCUT2D eigenvalue weighted by molar-refractivity contribution is -0.187. The van der Waals surface area contributed by atoms with Gasteiger partial charge in [-0.2, -0.15) is 0 Å². The van der Waals surface area contributed by atoms with E-state index < -0.39 is 5.79 Å². The number of piperidine rings is 1. The van der Waals surface area contributed by atoms with Crippen LogP contribution in [0.1, 0.15) is 19.3 Å². The molecule has 2 saturated heterocycles. The van der Waals surface area contributed by atoms with E-state index in [0.29, 0.717) is 19.8 Å². The van der Waals surface area contributed by atoms with E-state index in [9.17, 15) is 4.79 Å². The molecule has 116 valence electrons. The van der Waals surface area contributed by atoms with Crippen LogP contribution in [0.3, 0.4) is 0 Å². The molecule has 2 rings (SSSR count). The second kappa shape index (κ2) is 7.36. The van der Waals surface area contributed by atoms with Crippen LogP contribution in [-0.4, -0.2) is 81.7 Å². The van der Waals surface area contributed by atoms with E-state index in [1.165, 1.54) is 0 Å². The van der Waals surface area contributed by atoms with Crippen molar-refractivity contribution in [1.29, 1.82) is 0 Å². The molecule has 2 aliphatic heterocycles. The lowest BCUT2D eigenvalue weighted by Gasteiger charge is -2.38. The highest BCUT2D eigenvalue weighted by Gasteiger charge is 2.40. The maximum Gasteiger partial charge on any atom is 0.236 e. The van der Waals surface area contributed by atoms with E-state index in [4.69, 9.17) is 14.2 Å². The fourth-order valence-corrected chi connectivity index (χ4v) is 2.77. The summed E-state index contributed by atoms with van der Waals surface area (Å²) in [5, 5.41) is 0. The smallest absolute Gasteiger partial charge is 0.236 e. The maximum absolute atomic E-state index is 12.2. The molecule has 1 amide bonds. The minimum Gasteiger partial charge on any atom is -0.385 e. The Labute approximate surface area is 120 Å². The Morgan fingerprint density at radius 1 is 1.30 bits per heavy atom. The van der Waals surface area contributed by atoms with Crippen molar-refractivity contribution in [3.63, 3.8) is 0 Å². The summed E-state index contributed by atoms with van der Waals surface area (Å²) >= 11 is 0. The van der Waals surface area contributed by atoms with Gasteiger partial charge in [0.2, 0.25) is 5.91 Å². The fourth-order valence-electron chi connectivity index (χ4n) is 2.77. The highest BCUT2D eigenvalue weighted by Crippen LogP contribution is 2.31. The second-order valence-electron chi connectivity index (χ2n) is 5.57. The molecule has 0 atom stereocenters. The fraction of sp³-hybridized carbons (Fsp3) is 0.929. The highest BCUT2D eigenvalue weighted by atomic mass is 16.7. The van der Waals surface area contributed by atoms with E-state index in [1.807, 2.05) is 16.8 Å². The Bertz CT molecular complexity index is 308. The molecule has 0 radical (unpaired) electrons. The summed E-state index contributed by atoms with van der Waals surface area (Å²) in [5.74, 6) is -0.209. The number of likely N-dealkylation sites (N-methyl/N-ethyl adjacent to an activating group) is 1. The standard InChI is InChI=1S/C14H26N2O4/c1-15(6-3-9-18-2)12-13(17)16-7-4-14(5-8-16)19-10-11-20-14/h3-12H2,1-2H3. The number of ether oxygens (including phenoxy) is 3. The van der Waals surface area contributed by atoms with Crippen LogP contribution in [0.5, 0.6) is 0 Å². The number of amides is 1. The summed E-state index contributed by atoms with van der Waals surface area (Å²) in [7, 11) is 3.67. The summed E-state index contributed by atoms with van der Waals surface area (Å²) in [6.07, 6.45) is 2.52. The van der Waals surface area contributed by atoms with Crippen molar-refractivity contribution in [2.75, 3.05) is 60.2 Å². The number of carbonyl (C=O) groups is 1. The molecule has 0 aromatic rings. The molecular weight excluding hydrogens is 260 g/mol. The van der Waals surface area contributed by atoms with Crippen LogP contribution in [0.2, 0.25) is 0 Å². The number of hydrogen-bond acceptors (Lipinski definition) is 5. The summed E-state index contributed by atoms with van der Waals surface area (Å²) in [4.78, 5) is 16.2. The van der Waals surface area contributed by atoms with Gasteiger partial charge in [-0.3, -0.25) is 9.69 Å². The van der Waals surface area contributed by atoms with Gasteiger partial charge in [0.05, 0.1) is 19.8 Å². The number of methoxy groups -OCH3 is 1. The predicted molar refractivity (Wildman–Crippen MR) is 74.4 cm³/mol. The van der Waals surface area contributed by atoms with Crippen LogP contribution in [0.4, 0.5) is 0 Å². The molecule has 0 aliphatic carbocycles. The van der Waals surface area contributed by atoms with E-state index in [-0.39, 0.29) is 5.91 Å². The Kier molecular flexibility index (Phi) is 5.77. The van der Waals surface area contributed by atoms with Gasteiger partial charge in [0, 0.05) is 46.2 Å². The van der Waals surface area contributed by atoms with Crippen LogP contribution in [0, 0.1) is 0 Å². The van der Waals surface area contributed by atoms with Crippen molar-refractivity contribution < 1.29 is 19.0 Å². The summed E-state index contributed by atoms with van der Waals surface area (Å²) in [6, 6.07) is 0. The molecule has 0 bridgehead atoms. The summed E-state index contributed by atoms with van der Waals surface area (Å²) in [6.45, 7) is 4.89. The number of rotatable bonds is 6. The Hall–Kier alpha value is -0.690. The molecule has 2 fully saturated rings. The van der Waals surface area contributed by atoms with E-state index in [2.05, 4.69) is 0 Å². The molecule has 2 aliphatic rings. The first-order chi connectivity index (χ1) is 9.65. The van der Waals surface area contributed by atoms with Gasteiger partial charge in [-0.1, -0.05) is 0 Å². The van der Waals surface area contributed by atoms with Crippen molar-refractivity contribution in [2.45, 2.75) is 25.0 Å². The molecule has 6 nitrogen and oxygen atoms in total. The van der Waals surface area contributed by atoms with Gasteiger partial charge in [0.1, 0.15) is 0 Å². The van der Waals surface area contributed by atoms with Crippen molar-refractivity contribution in [1.82, 2.24) is 9.80 Å². The van der Waals surface area contributed by atoms with Gasteiger partial charge in [0.25, 0.3) is 0 Å². The molecule has 20 heavy (non-hydrogen) atoms. The molecule has 0 aromatic heterocycles. The van der Waals surface area contributed by atoms with E-state index >= 15 is 0 Å². The second-order valence-corrected chi connectivity index (χ2v) is 5.57. The molecule has 0 saturated carbocycles. The summed E-state index contributed by atoms with van der Waals surface area (Å²) < 4.78 is 16.4. The topological polar surface area (TPSA) is 51.2 Å². The van der Waals surface area contributed by atoms with Crippen molar-refractivity contribution in [3.05, 3.63) is 0 Å². The molecule has 6 heteroatoms. The van der Waals surface area contributed by atoms with Gasteiger partial charge in [-0.25, -0.2) is 0 Å². The molecule has 0 aromatic carbocycles. The molecular formula is C14H26N2O4. The first kappa shape index (κ1) is 15.7. The van der Waals surface area contributed by atoms with Crippen LogP contribution in [0.15, 0.2) is 0 Å². The van der Waals surface area contributed by atoms with Gasteiger partial charge >= 0.3 is 0 Å². The van der Waals surface area contributed by atoms with E-state index in [0.717, 1.165) is 45.5 Å².